The Hall–Kier alpha value is -2.69. The number of amides is 1. The molecule has 182 valence electrons. The first-order chi connectivity index (χ1) is 16.2. The van der Waals surface area contributed by atoms with Gasteiger partial charge in [0.25, 0.3) is 0 Å². The topological polar surface area (TPSA) is 116 Å². The van der Waals surface area contributed by atoms with Gasteiger partial charge in [0, 0.05) is 19.1 Å². The van der Waals surface area contributed by atoms with Crippen LogP contribution in [-0.4, -0.2) is 54.0 Å². The quantitative estimate of drug-likeness (QED) is 0.463. The fourth-order valence-corrected chi connectivity index (χ4v) is 5.20. The van der Waals surface area contributed by atoms with Crippen LogP contribution in [0, 0.1) is 0 Å². The molecule has 0 bridgehead atoms. The van der Waals surface area contributed by atoms with Crippen LogP contribution in [0.3, 0.4) is 0 Å². The lowest BCUT2D eigenvalue weighted by atomic mass is 9.80. The lowest BCUT2D eigenvalue weighted by Gasteiger charge is -2.31. The average molecular weight is 505 g/mol. The lowest BCUT2D eigenvalue weighted by Crippen LogP contribution is -2.44. The molecular formula is C23H29ClN6O3S. The van der Waals surface area contributed by atoms with Crippen LogP contribution in [0.2, 0.25) is 5.02 Å². The molecule has 0 radical (unpaired) electrons. The number of sulfonamides is 1. The second-order valence-electron chi connectivity index (χ2n) is 8.75. The fourth-order valence-electron chi connectivity index (χ4n) is 4.15. The summed E-state index contributed by atoms with van der Waals surface area (Å²) in [4.78, 5) is 20.8. The maximum atomic E-state index is 12.0. The Morgan fingerprint density at radius 3 is 2.71 bits per heavy atom. The third kappa shape index (κ3) is 5.86. The number of hydrogen-bond donors (Lipinski definition) is 3. The monoisotopic (exact) mass is 504 g/mol. The van der Waals surface area contributed by atoms with Gasteiger partial charge in [-0.15, -0.1) is 0 Å². The van der Waals surface area contributed by atoms with Crippen molar-refractivity contribution in [3.05, 3.63) is 47.6 Å². The van der Waals surface area contributed by atoms with Crippen LogP contribution in [0.15, 0.2) is 37.1 Å². The molecule has 2 heterocycles. The van der Waals surface area contributed by atoms with Crippen LogP contribution < -0.4 is 16.0 Å². The van der Waals surface area contributed by atoms with E-state index in [-0.39, 0.29) is 11.9 Å². The molecule has 2 aliphatic rings. The van der Waals surface area contributed by atoms with Gasteiger partial charge in [0.2, 0.25) is 21.9 Å². The molecule has 4 rings (SSSR count). The van der Waals surface area contributed by atoms with E-state index in [1.54, 1.807) is 0 Å². The van der Waals surface area contributed by atoms with Gasteiger partial charge in [-0.1, -0.05) is 30.7 Å². The maximum Gasteiger partial charge on any atom is 0.247 e. The number of halogens is 1. The molecule has 34 heavy (non-hydrogen) atoms. The molecule has 3 N–H and O–H groups in total. The Morgan fingerprint density at radius 1 is 1.24 bits per heavy atom. The minimum absolute atomic E-state index is 0.110. The zero-order valence-corrected chi connectivity index (χ0v) is 20.6. The number of carbonyl (C=O) groups excluding carboxylic acids is 1. The van der Waals surface area contributed by atoms with Gasteiger partial charge in [0.05, 0.1) is 23.8 Å². The predicted octanol–water partition coefficient (Wildman–Crippen LogP) is 4.10. The minimum atomic E-state index is -3.25. The average Bonchev–Trinajstić information content (AvgIpc) is 2.76. The van der Waals surface area contributed by atoms with Crippen LogP contribution in [0.4, 0.5) is 23.1 Å². The van der Waals surface area contributed by atoms with Crippen LogP contribution in [0.25, 0.3) is 0 Å². The first-order valence-electron chi connectivity index (χ1n) is 11.3. The molecule has 1 saturated carbocycles. The highest BCUT2D eigenvalue weighted by Gasteiger charge is 2.26. The molecule has 1 aliphatic carbocycles. The third-order valence-corrected chi connectivity index (χ3v) is 7.79. The normalized spacial score (nSPS) is 19.2. The summed E-state index contributed by atoms with van der Waals surface area (Å²) in [5.41, 5.74) is 2.44. The molecule has 0 spiro atoms. The Kier molecular flexibility index (Phi) is 7.39. The van der Waals surface area contributed by atoms with E-state index < -0.39 is 10.0 Å². The van der Waals surface area contributed by atoms with Crippen molar-refractivity contribution in [1.82, 2.24) is 14.3 Å². The van der Waals surface area contributed by atoms with Gasteiger partial charge in [0.1, 0.15) is 5.02 Å². The van der Waals surface area contributed by atoms with Crippen LogP contribution >= 0.6 is 11.6 Å². The van der Waals surface area contributed by atoms with Crippen molar-refractivity contribution < 1.29 is 13.2 Å². The molecule has 1 aliphatic heterocycles. The van der Waals surface area contributed by atoms with Crippen molar-refractivity contribution in [2.45, 2.75) is 44.1 Å². The van der Waals surface area contributed by atoms with Gasteiger partial charge in [-0.25, -0.2) is 17.7 Å². The van der Waals surface area contributed by atoms with E-state index in [1.807, 2.05) is 18.2 Å². The number of rotatable bonds is 8. The van der Waals surface area contributed by atoms with Crippen molar-refractivity contribution in [1.29, 1.82) is 0 Å². The number of benzene rings is 1. The molecule has 1 atom stereocenters. The van der Waals surface area contributed by atoms with Gasteiger partial charge < -0.3 is 16.0 Å². The number of nitrogens with zero attached hydrogens (tertiary/aromatic N) is 3. The Bertz CT molecular complexity index is 1190. The molecule has 2 fully saturated rings. The zero-order valence-electron chi connectivity index (χ0n) is 19.1. The van der Waals surface area contributed by atoms with E-state index in [9.17, 15) is 13.2 Å². The molecule has 1 aromatic heterocycles. The van der Waals surface area contributed by atoms with Gasteiger partial charge >= 0.3 is 0 Å². The number of aromatic nitrogens is 2. The molecule has 1 unspecified atom stereocenters. The smallest absolute Gasteiger partial charge is 0.247 e. The van der Waals surface area contributed by atoms with Crippen LogP contribution in [-0.2, 0) is 14.8 Å². The maximum absolute atomic E-state index is 12.0. The van der Waals surface area contributed by atoms with Crippen molar-refractivity contribution in [3.8, 4) is 0 Å². The van der Waals surface area contributed by atoms with E-state index >= 15 is 0 Å². The summed E-state index contributed by atoms with van der Waals surface area (Å²) in [7, 11) is -3.25. The van der Waals surface area contributed by atoms with Gasteiger partial charge in [-0.3, -0.25) is 4.79 Å². The van der Waals surface area contributed by atoms with E-state index in [4.69, 9.17) is 11.6 Å². The largest absolute Gasteiger partial charge is 0.350 e. The summed E-state index contributed by atoms with van der Waals surface area (Å²) in [6.07, 6.45) is 9.00. The summed E-state index contributed by atoms with van der Waals surface area (Å²) < 4.78 is 25.3. The summed E-state index contributed by atoms with van der Waals surface area (Å²) in [5.74, 6) is 0.919. The van der Waals surface area contributed by atoms with Gasteiger partial charge in [-0.05, 0) is 55.4 Å². The van der Waals surface area contributed by atoms with E-state index in [2.05, 4.69) is 32.5 Å². The highest BCUT2D eigenvalue weighted by molar-refractivity contribution is 7.88. The van der Waals surface area contributed by atoms with E-state index in [0.29, 0.717) is 47.2 Å². The van der Waals surface area contributed by atoms with Gasteiger partial charge in [0.15, 0.2) is 5.82 Å². The lowest BCUT2D eigenvalue weighted by molar-refractivity contribution is -0.111. The first-order valence-corrected chi connectivity index (χ1v) is 13.5. The van der Waals surface area contributed by atoms with Crippen molar-refractivity contribution >= 4 is 50.7 Å². The second-order valence-corrected chi connectivity index (χ2v) is 11.1. The molecule has 1 amide bonds. The number of hydrogen-bond acceptors (Lipinski definition) is 7. The SMILES string of the molecule is C=CC(=O)Nc1cc(C2CCC2)ccc1Nc1nc(NC2CCCN(S(C)(=O)=O)C2)ncc1Cl. The zero-order chi connectivity index (χ0) is 24.3. The molecule has 2 aromatic rings. The van der Waals surface area contributed by atoms with Crippen LogP contribution in [0.5, 0.6) is 0 Å². The van der Waals surface area contributed by atoms with E-state index in [0.717, 1.165) is 25.7 Å². The molecule has 1 saturated heterocycles. The standard InChI is InChI=1S/C23H29ClN6O3S/c1-3-21(31)27-20-12-16(15-6-4-7-15)9-10-19(20)28-22-18(24)13-25-23(29-22)26-17-8-5-11-30(14-17)34(2,32)33/h3,9-10,12-13,15,17H,1,4-8,11,14H2,2H3,(H,27,31)(H2,25,26,28,29). The fraction of sp³-hybridized carbons (Fsp3) is 0.435. The van der Waals surface area contributed by atoms with Crippen LogP contribution in [0.1, 0.15) is 43.6 Å². The summed E-state index contributed by atoms with van der Waals surface area (Å²) in [6, 6.07) is 5.82. The van der Waals surface area contributed by atoms with Crippen molar-refractivity contribution in [3.63, 3.8) is 0 Å². The van der Waals surface area contributed by atoms with Gasteiger partial charge in [-0.2, -0.15) is 4.98 Å². The third-order valence-electron chi connectivity index (χ3n) is 6.25. The highest BCUT2D eigenvalue weighted by Crippen LogP contribution is 2.39. The Labute approximate surface area is 205 Å². The predicted molar refractivity (Wildman–Crippen MR) is 135 cm³/mol. The molecule has 1 aromatic carbocycles. The minimum Gasteiger partial charge on any atom is -0.350 e. The molecule has 11 heteroatoms. The number of piperidine rings is 1. The summed E-state index contributed by atoms with van der Waals surface area (Å²) in [5, 5.41) is 9.60. The Balaban J connectivity index is 1.54. The van der Waals surface area contributed by atoms with E-state index in [1.165, 1.54) is 34.8 Å². The van der Waals surface area contributed by atoms with Crippen molar-refractivity contribution in [2.75, 3.05) is 35.3 Å². The number of nitrogens with one attached hydrogen (secondary N) is 3. The van der Waals surface area contributed by atoms with Crippen molar-refractivity contribution in [2.24, 2.45) is 0 Å². The first kappa shape index (κ1) is 24.4. The second kappa shape index (κ2) is 10.3. The molecule has 9 nitrogen and oxygen atoms in total. The summed E-state index contributed by atoms with van der Waals surface area (Å²) >= 11 is 6.36. The Morgan fingerprint density at radius 2 is 2.03 bits per heavy atom. The number of anilines is 4. The number of carbonyl (C=O) groups is 1. The highest BCUT2D eigenvalue weighted by atomic mass is 35.5. The summed E-state index contributed by atoms with van der Waals surface area (Å²) in [6.45, 7) is 4.40. The molecular weight excluding hydrogens is 476 g/mol.